The Balaban J connectivity index is 1.97. The molecule has 0 aromatic heterocycles. The second-order valence-corrected chi connectivity index (χ2v) is 4.14. The van der Waals surface area contributed by atoms with Gasteiger partial charge in [-0.05, 0) is 25.8 Å². The maximum Gasteiger partial charge on any atom is 0.0557 e. The minimum absolute atomic E-state index is 0.916. The van der Waals surface area contributed by atoms with Crippen molar-refractivity contribution in [2.45, 2.75) is 24.6 Å². The van der Waals surface area contributed by atoms with Gasteiger partial charge in [0.05, 0.1) is 5.37 Å². The Morgan fingerprint density at radius 3 is 3.11 bits per heavy atom. The van der Waals surface area contributed by atoms with Crippen LogP contribution >= 0.6 is 11.8 Å². The third-order valence-corrected chi connectivity index (χ3v) is 3.58. The first-order chi connectivity index (χ1) is 4.47. The largest absolute Gasteiger partial charge is 0.291 e. The lowest BCUT2D eigenvalue weighted by molar-refractivity contribution is 0.232. The van der Waals surface area contributed by atoms with Crippen LogP contribution in [-0.4, -0.2) is 29.1 Å². The van der Waals surface area contributed by atoms with Crippen LogP contribution in [0.25, 0.3) is 0 Å². The average Bonchev–Trinajstić information content (AvgIpc) is 2.33. The van der Waals surface area contributed by atoms with Gasteiger partial charge in [-0.3, -0.25) is 4.90 Å². The number of hydrogen-bond donors (Lipinski definition) is 0. The van der Waals surface area contributed by atoms with Crippen LogP contribution in [0.3, 0.4) is 0 Å². The van der Waals surface area contributed by atoms with Crippen molar-refractivity contribution in [2.24, 2.45) is 0 Å². The average molecular weight is 143 g/mol. The number of piperidine rings is 1. The second kappa shape index (κ2) is 2.51. The predicted molar refractivity (Wildman–Crippen MR) is 41.7 cm³/mol. The molecule has 0 N–H and O–H groups in total. The van der Waals surface area contributed by atoms with Gasteiger partial charge in [0.1, 0.15) is 0 Å². The summed E-state index contributed by atoms with van der Waals surface area (Å²) in [7, 11) is 0. The third kappa shape index (κ3) is 1.10. The third-order valence-electron chi connectivity index (χ3n) is 2.24. The van der Waals surface area contributed by atoms with Gasteiger partial charge in [0.15, 0.2) is 0 Å². The molecule has 0 spiro atoms. The first-order valence-electron chi connectivity index (χ1n) is 3.82. The Kier molecular flexibility index (Phi) is 1.68. The van der Waals surface area contributed by atoms with Gasteiger partial charge in [-0.1, -0.05) is 0 Å². The van der Waals surface area contributed by atoms with E-state index in [2.05, 4.69) is 16.7 Å². The molecule has 0 aromatic rings. The number of fused-ring (bicyclic) bond motifs is 1. The van der Waals surface area contributed by atoms with E-state index < -0.39 is 0 Å². The fourth-order valence-corrected chi connectivity index (χ4v) is 3.08. The molecule has 2 heterocycles. The molecule has 0 aliphatic carbocycles. The molecular weight excluding hydrogens is 130 g/mol. The first-order valence-corrected chi connectivity index (χ1v) is 4.87. The minimum atomic E-state index is 0.916. The SMILES string of the molecule is C1CCN2CCS[C@H]2C1. The van der Waals surface area contributed by atoms with Gasteiger partial charge in [-0.2, -0.15) is 0 Å². The van der Waals surface area contributed by atoms with E-state index in [0.29, 0.717) is 0 Å². The molecule has 0 amide bonds. The van der Waals surface area contributed by atoms with Gasteiger partial charge in [0.2, 0.25) is 0 Å². The Bertz CT molecular complexity index is 93.1. The van der Waals surface area contributed by atoms with Crippen molar-refractivity contribution in [1.29, 1.82) is 0 Å². The summed E-state index contributed by atoms with van der Waals surface area (Å²) in [6.45, 7) is 2.73. The number of nitrogens with zero attached hydrogens (tertiary/aromatic N) is 1. The molecule has 0 radical (unpaired) electrons. The fourth-order valence-electron chi connectivity index (χ4n) is 1.71. The highest BCUT2D eigenvalue weighted by Gasteiger charge is 2.26. The van der Waals surface area contributed by atoms with Crippen LogP contribution in [-0.2, 0) is 0 Å². The zero-order valence-electron chi connectivity index (χ0n) is 5.68. The zero-order chi connectivity index (χ0) is 6.10. The molecule has 0 unspecified atom stereocenters. The van der Waals surface area contributed by atoms with E-state index in [9.17, 15) is 0 Å². The fraction of sp³-hybridized carbons (Fsp3) is 1.00. The predicted octanol–water partition coefficient (Wildman–Crippen LogP) is 1.55. The number of hydrogen-bond acceptors (Lipinski definition) is 2. The monoisotopic (exact) mass is 143 g/mol. The molecule has 0 saturated carbocycles. The van der Waals surface area contributed by atoms with Crippen LogP contribution in [0, 0.1) is 0 Å². The summed E-state index contributed by atoms with van der Waals surface area (Å²) in [4.78, 5) is 2.63. The highest BCUT2D eigenvalue weighted by molar-refractivity contribution is 8.00. The highest BCUT2D eigenvalue weighted by Crippen LogP contribution is 2.31. The van der Waals surface area contributed by atoms with Crippen molar-refractivity contribution < 1.29 is 0 Å². The molecule has 9 heavy (non-hydrogen) atoms. The molecule has 1 nitrogen and oxygen atoms in total. The van der Waals surface area contributed by atoms with Crippen molar-refractivity contribution in [3.8, 4) is 0 Å². The van der Waals surface area contributed by atoms with E-state index in [1.165, 1.54) is 38.1 Å². The summed E-state index contributed by atoms with van der Waals surface area (Å²) >= 11 is 2.15. The lowest BCUT2D eigenvalue weighted by Crippen LogP contribution is -2.32. The van der Waals surface area contributed by atoms with Gasteiger partial charge in [0, 0.05) is 12.3 Å². The minimum Gasteiger partial charge on any atom is -0.291 e. The molecular formula is C7H13NS. The molecule has 2 aliphatic rings. The molecule has 2 saturated heterocycles. The van der Waals surface area contributed by atoms with Gasteiger partial charge in [-0.25, -0.2) is 0 Å². The van der Waals surface area contributed by atoms with Crippen LogP contribution in [0.1, 0.15) is 19.3 Å². The van der Waals surface area contributed by atoms with Crippen molar-refractivity contribution in [1.82, 2.24) is 4.90 Å². The molecule has 52 valence electrons. The van der Waals surface area contributed by atoms with Crippen LogP contribution in [0.5, 0.6) is 0 Å². The molecule has 2 rings (SSSR count). The molecule has 0 aromatic carbocycles. The van der Waals surface area contributed by atoms with Gasteiger partial charge >= 0.3 is 0 Å². The first kappa shape index (κ1) is 6.05. The highest BCUT2D eigenvalue weighted by atomic mass is 32.2. The van der Waals surface area contributed by atoms with Crippen molar-refractivity contribution in [3.63, 3.8) is 0 Å². The normalized spacial score (nSPS) is 36.7. The number of rotatable bonds is 0. The number of thioether (sulfide) groups is 1. The lowest BCUT2D eigenvalue weighted by atomic mass is 10.1. The summed E-state index contributed by atoms with van der Waals surface area (Å²) in [6, 6.07) is 0. The lowest BCUT2D eigenvalue weighted by Gasteiger charge is -2.27. The van der Waals surface area contributed by atoms with Crippen molar-refractivity contribution >= 4 is 11.8 Å². The quantitative estimate of drug-likeness (QED) is 0.506. The summed E-state index contributed by atoms with van der Waals surface area (Å²) in [5.41, 5.74) is 0. The van der Waals surface area contributed by atoms with Crippen LogP contribution in [0.15, 0.2) is 0 Å². The summed E-state index contributed by atoms with van der Waals surface area (Å²) in [6.07, 6.45) is 4.36. The van der Waals surface area contributed by atoms with E-state index >= 15 is 0 Å². The summed E-state index contributed by atoms with van der Waals surface area (Å²) < 4.78 is 0. The maximum atomic E-state index is 2.63. The Labute approximate surface area is 60.8 Å². The van der Waals surface area contributed by atoms with Crippen molar-refractivity contribution in [3.05, 3.63) is 0 Å². The molecule has 0 bridgehead atoms. The summed E-state index contributed by atoms with van der Waals surface area (Å²) in [5.74, 6) is 1.38. The molecule has 1 atom stereocenters. The molecule has 2 aliphatic heterocycles. The van der Waals surface area contributed by atoms with E-state index in [1.807, 2.05) is 0 Å². The summed E-state index contributed by atoms with van der Waals surface area (Å²) in [5, 5.41) is 0.916. The smallest absolute Gasteiger partial charge is 0.0557 e. The van der Waals surface area contributed by atoms with Gasteiger partial charge in [0.25, 0.3) is 0 Å². The van der Waals surface area contributed by atoms with Gasteiger partial charge < -0.3 is 0 Å². The molecule has 2 heteroatoms. The van der Waals surface area contributed by atoms with Crippen LogP contribution in [0.2, 0.25) is 0 Å². The van der Waals surface area contributed by atoms with Gasteiger partial charge in [-0.15, -0.1) is 11.8 Å². The Hall–Kier alpha value is 0.310. The van der Waals surface area contributed by atoms with E-state index in [4.69, 9.17) is 0 Å². The topological polar surface area (TPSA) is 3.24 Å². The zero-order valence-corrected chi connectivity index (χ0v) is 6.49. The van der Waals surface area contributed by atoms with E-state index in [0.717, 1.165) is 5.37 Å². The standard InChI is InChI=1S/C7H13NS/c1-2-4-8-5-6-9-7(8)3-1/h7H,1-6H2/t7-/m0/s1. The van der Waals surface area contributed by atoms with Crippen LogP contribution < -0.4 is 0 Å². The second-order valence-electron chi connectivity index (χ2n) is 2.86. The van der Waals surface area contributed by atoms with E-state index in [-0.39, 0.29) is 0 Å². The van der Waals surface area contributed by atoms with Crippen LogP contribution in [0.4, 0.5) is 0 Å². The van der Waals surface area contributed by atoms with Crippen molar-refractivity contribution in [2.75, 3.05) is 18.8 Å². The Morgan fingerprint density at radius 2 is 2.22 bits per heavy atom. The Morgan fingerprint density at radius 1 is 1.22 bits per heavy atom. The maximum absolute atomic E-state index is 2.63. The molecule has 2 fully saturated rings. The van der Waals surface area contributed by atoms with E-state index in [1.54, 1.807) is 0 Å².